The first kappa shape index (κ1) is 18.6. The molecule has 0 aliphatic heterocycles. The molecule has 0 aliphatic rings. The van der Waals surface area contributed by atoms with Crippen molar-refractivity contribution in [1.82, 2.24) is 15.0 Å². The SMILES string of the molecule is CC(C)(C)c1cc(Nc2nc(=S)[nH]c(=S)[nH]2)c(C(C)(C)C)cc1O. The van der Waals surface area contributed by atoms with Crippen LogP contribution < -0.4 is 5.32 Å². The lowest BCUT2D eigenvalue weighted by atomic mass is 9.80. The van der Waals surface area contributed by atoms with E-state index in [4.69, 9.17) is 24.4 Å². The smallest absolute Gasteiger partial charge is 0.209 e. The van der Waals surface area contributed by atoms with Gasteiger partial charge in [-0.2, -0.15) is 4.98 Å². The van der Waals surface area contributed by atoms with Gasteiger partial charge in [0, 0.05) is 11.3 Å². The van der Waals surface area contributed by atoms with Crippen LogP contribution in [0.5, 0.6) is 5.75 Å². The number of nitrogens with one attached hydrogen (secondary N) is 3. The monoisotopic (exact) mass is 364 g/mol. The highest BCUT2D eigenvalue weighted by molar-refractivity contribution is 7.71. The molecule has 0 amide bonds. The van der Waals surface area contributed by atoms with E-state index in [1.807, 2.05) is 12.1 Å². The van der Waals surface area contributed by atoms with Gasteiger partial charge in [-0.1, -0.05) is 41.5 Å². The third-order valence-corrected chi connectivity index (χ3v) is 4.07. The van der Waals surface area contributed by atoms with Crippen molar-refractivity contribution in [3.63, 3.8) is 0 Å². The molecule has 0 fully saturated rings. The molecule has 5 nitrogen and oxygen atoms in total. The van der Waals surface area contributed by atoms with Crippen molar-refractivity contribution in [3.05, 3.63) is 32.8 Å². The van der Waals surface area contributed by atoms with Gasteiger partial charge in [0.05, 0.1) is 0 Å². The Morgan fingerprint density at radius 2 is 1.54 bits per heavy atom. The van der Waals surface area contributed by atoms with Crippen LogP contribution in [-0.2, 0) is 10.8 Å². The number of hydrogen-bond acceptors (Lipinski definition) is 5. The second kappa shape index (κ2) is 6.29. The molecule has 130 valence electrons. The molecule has 2 rings (SSSR count). The molecule has 24 heavy (non-hydrogen) atoms. The van der Waals surface area contributed by atoms with Crippen molar-refractivity contribution < 1.29 is 5.11 Å². The summed E-state index contributed by atoms with van der Waals surface area (Å²) >= 11 is 10.2. The number of benzene rings is 1. The molecule has 1 aromatic carbocycles. The second-order valence-corrected chi connectivity index (χ2v) is 8.68. The molecule has 1 aromatic heterocycles. The average molecular weight is 365 g/mol. The van der Waals surface area contributed by atoms with Crippen LogP contribution in [0.1, 0.15) is 52.7 Å². The Kier molecular flexibility index (Phi) is 4.88. The molecule has 7 heteroatoms. The summed E-state index contributed by atoms with van der Waals surface area (Å²) in [5, 5.41) is 13.7. The molecular formula is C17H24N4OS2. The van der Waals surface area contributed by atoms with E-state index in [2.05, 4.69) is 61.8 Å². The summed E-state index contributed by atoms with van der Waals surface area (Å²) in [6.45, 7) is 12.5. The molecule has 0 unspecified atom stereocenters. The van der Waals surface area contributed by atoms with E-state index in [1.165, 1.54) is 0 Å². The molecule has 0 aliphatic carbocycles. The average Bonchev–Trinajstić information content (AvgIpc) is 2.36. The summed E-state index contributed by atoms with van der Waals surface area (Å²) in [4.78, 5) is 9.96. The first-order valence-electron chi connectivity index (χ1n) is 7.73. The number of nitrogens with zero attached hydrogens (tertiary/aromatic N) is 1. The first-order chi connectivity index (χ1) is 10.9. The van der Waals surface area contributed by atoms with E-state index in [0.717, 1.165) is 16.8 Å². The minimum Gasteiger partial charge on any atom is -0.508 e. The van der Waals surface area contributed by atoms with Crippen molar-refractivity contribution in [2.75, 3.05) is 5.32 Å². The zero-order valence-corrected chi connectivity index (χ0v) is 16.5. The van der Waals surface area contributed by atoms with Gasteiger partial charge in [0.25, 0.3) is 0 Å². The minimum atomic E-state index is -0.190. The molecule has 0 saturated heterocycles. The number of aromatic nitrogens is 3. The van der Waals surface area contributed by atoms with E-state index < -0.39 is 0 Å². The Hall–Kier alpha value is -1.73. The fourth-order valence-corrected chi connectivity index (χ4v) is 2.94. The highest BCUT2D eigenvalue weighted by Gasteiger charge is 2.25. The van der Waals surface area contributed by atoms with E-state index in [0.29, 0.717) is 21.2 Å². The van der Waals surface area contributed by atoms with Crippen LogP contribution in [0.15, 0.2) is 12.1 Å². The van der Waals surface area contributed by atoms with Crippen LogP contribution in [0.2, 0.25) is 0 Å². The fourth-order valence-electron chi connectivity index (χ4n) is 2.49. The number of anilines is 2. The van der Waals surface area contributed by atoms with Crippen molar-refractivity contribution >= 4 is 36.1 Å². The summed E-state index contributed by atoms with van der Waals surface area (Å²) in [5.74, 6) is 0.768. The topological polar surface area (TPSA) is 76.7 Å². The molecule has 0 atom stereocenters. The van der Waals surface area contributed by atoms with Gasteiger partial charge in [-0.25, -0.2) is 0 Å². The maximum atomic E-state index is 10.5. The van der Waals surface area contributed by atoms with Gasteiger partial charge < -0.3 is 20.4 Å². The molecule has 4 N–H and O–H groups in total. The largest absolute Gasteiger partial charge is 0.508 e. The third-order valence-electron chi connectivity index (χ3n) is 3.67. The quantitative estimate of drug-likeness (QED) is 0.433. The van der Waals surface area contributed by atoms with Crippen molar-refractivity contribution in [2.45, 2.75) is 52.4 Å². The van der Waals surface area contributed by atoms with Gasteiger partial charge in [-0.3, -0.25) is 0 Å². The van der Waals surface area contributed by atoms with Gasteiger partial charge in [-0.15, -0.1) is 0 Å². The van der Waals surface area contributed by atoms with E-state index >= 15 is 0 Å². The minimum absolute atomic E-state index is 0.162. The summed E-state index contributed by atoms with van der Waals surface area (Å²) in [7, 11) is 0. The van der Waals surface area contributed by atoms with E-state index in [-0.39, 0.29) is 10.8 Å². The van der Waals surface area contributed by atoms with Gasteiger partial charge >= 0.3 is 0 Å². The lowest BCUT2D eigenvalue weighted by molar-refractivity contribution is 0.443. The molecule has 0 bridgehead atoms. The molecular weight excluding hydrogens is 340 g/mol. The van der Waals surface area contributed by atoms with Gasteiger partial charge in [0.1, 0.15) is 5.75 Å². The first-order valence-corrected chi connectivity index (χ1v) is 8.55. The number of aromatic hydroxyl groups is 1. The fraction of sp³-hybridized carbons (Fsp3) is 0.471. The van der Waals surface area contributed by atoms with Gasteiger partial charge in [-0.05, 0) is 53.0 Å². The van der Waals surface area contributed by atoms with Crippen LogP contribution in [0.3, 0.4) is 0 Å². The van der Waals surface area contributed by atoms with Crippen LogP contribution >= 0.6 is 24.4 Å². The van der Waals surface area contributed by atoms with Crippen molar-refractivity contribution in [3.8, 4) is 5.75 Å². The van der Waals surface area contributed by atoms with E-state index in [1.54, 1.807) is 0 Å². The number of H-pyrrole nitrogens is 2. The Labute approximate surface area is 152 Å². The zero-order valence-electron chi connectivity index (χ0n) is 14.9. The van der Waals surface area contributed by atoms with Crippen LogP contribution in [-0.4, -0.2) is 20.1 Å². The van der Waals surface area contributed by atoms with Crippen molar-refractivity contribution in [1.29, 1.82) is 0 Å². The lowest BCUT2D eigenvalue weighted by Crippen LogP contribution is -2.18. The molecule has 2 aromatic rings. The van der Waals surface area contributed by atoms with E-state index in [9.17, 15) is 5.11 Å². The Balaban J connectivity index is 2.65. The molecule has 0 radical (unpaired) electrons. The standard InChI is InChI=1S/C17H24N4OS2/c1-16(2,3)9-8-12(22)10(17(4,5)6)7-11(9)18-13-19-14(23)21-15(24)20-13/h7-8,22H,1-6H3,(H3,18,19,20,21,23,24). The number of hydrogen-bond donors (Lipinski definition) is 4. The number of phenolic OH excluding ortho intramolecular Hbond substituents is 1. The highest BCUT2D eigenvalue weighted by Crippen LogP contribution is 2.40. The highest BCUT2D eigenvalue weighted by atomic mass is 32.1. The molecule has 0 spiro atoms. The Bertz CT molecular complexity index is 842. The van der Waals surface area contributed by atoms with Crippen molar-refractivity contribution in [2.24, 2.45) is 0 Å². The predicted octanol–water partition coefficient (Wildman–Crippen LogP) is 5.24. The lowest BCUT2D eigenvalue weighted by Gasteiger charge is -2.28. The summed E-state index contributed by atoms with van der Waals surface area (Å²) in [6, 6.07) is 3.79. The Morgan fingerprint density at radius 3 is 2.04 bits per heavy atom. The number of aromatic amines is 2. The molecule has 1 heterocycles. The van der Waals surface area contributed by atoms with Gasteiger partial charge in [0.2, 0.25) is 10.7 Å². The normalized spacial score (nSPS) is 12.2. The predicted molar refractivity (Wildman–Crippen MR) is 103 cm³/mol. The van der Waals surface area contributed by atoms with Crippen LogP contribution in [0.25, 0.3) is 0 Å². The van der Waals surface area contributed by atoms with Gasteiger partial charge in [0.15, 0.2) is 4.77 Å². The number of rotatable bonds is 2. The zero-order chi connectivity index (χ0) is 18.3. The maximum absolute atomic E-state index is 10.5. The second-order valence-electron chi connectivity index (χ2n) is 7.88. The Morgan fingerprint density at radius 1 is 0.958 bits per heavy atom. The van der Waals surface area contributed by atoms with Crippen LogP contribution in [0, 0.1) is 9.54 Å². The number of phenols is 1. The third kappa shape index (κ3) is 4.21. The maximum Gasteiger partial charge on any atom is 0.209 e. The molecule has 0 saturated carbocycles. The van der Waals surface area contributed by atoms with Crippen LogP contribution in [0.4, 0.5) is 11.6 Å². The summed E-state index contributed by atoms with van der Waals surface area (Å²) in [5.41, 5.74) is 2.35. The summed E-state index contributed by atoms with van der Waals surface area (Å²) in [6.07, 6.45) is 0. The summed E-state index contributed by atoms with van der Waals surface area (Å²) < 4.78 is 0.720.